The van der Waals surface area contributed by atoms with Crippen LogP contribution in [-0.4, -0.2) is 5.97 Å². The van der Waals surface area contributed by atoms with Crippen LogP contribution in [0, 0.1) is 5.41 Å². The maximum atomic E-state index is 12.3. The van der Waals surface area contributed by atoms with Crippen LogP contribution in [0.25, 0.3) is 0 Å². The first-order valence-electron chi connectivity index (χ1n) is 7.00. The molecule has 0 N–H and O–H groups in total. The van der Waals surface area contributed by atoms with Gasteiger partial charge in [-0.3, -0.25) is 4.79 Å². The molecule has 0 spiro atoms. The van der Waals surface area contributed by atoms with Crippen LogP contribution < -0.4 is 4.74 Å². The van der Waals surface area contributed by atoms with Crippen molar-refractivity contribution in [2.75, 3.05) is 0 Å². The highest BCUT2D eigenvalue weighted by atomic mass is 16.5. The van der Waals surface area contributed by atoms with E-state index in [9.17, 15) is 4.79 Å². The molecule has 0 aliphatic carbocycles. The molecule has 0 aliphatic heterocycles. The van der Waals surface area contributed by atoms with Crippen molar-refractivity contribution < 1.29 is 9.53 Å². The monoisotopic (exact) mass is 262 g/mol. The van der Waals surface area contributed by atoms with Gasteiger partial charge >= 0.3 is 5.97 Å². The normalized spacial score (nSPS) is 12.3. The number of ether oxygens (including phenoxy) is 1. The molecule has 106 valence electrons. The van der Waals surface area contributed by atoms with E-state index in [-0.39, 0.29) is 11.4 Å². The zero-order valence-electron chi connectivity index (χ0n) is 13.0. The molecule has 0 radical (unpaired) electrons. The van der Waals surface area contributed by atoms with Crippen molar-refractivity contribution in [2.45, 2.75) is 59.8 Å². The van der Waals surface area contributed by atoms with E-state index >= 15 is 0 Å². The van der Waals surface area contributed by atoms with E-state index in [0.29, 0.717) is 5.75 Å². The van der Waals surface area contributed by atoms with Crippen molar-refractivity contribution in [1.29, 1.82) is 0 Å². The molecule has 0 fully saturated rings. The molecule has 19 heavy (non-hydrogen) atoms. The first kappa shape index (κ1) is 15.7. The fourth-order valence-electron chi connectivity index (χ4n) is 2.14. The Morgan fingerprint density at radius 2 is 1.68 bits per heavy atom. The topological polar surface area (TPSA) is 26.3 Å². The lowest BCUT2D eigenvalue weighted by Crippen LogP contribution is -2.29. The van der Waals surface area contributed by atoms with Crippen molar-refractivity contribution in [3.63, 3.8) is 0 Å². The largest absolute Gasteiger partial charge is 0.426 e. The molecule has 0 saturated heterocycles. The van der Waals surface area contributed by atoms with Crippen LogP contribution in [0.5, 0.6) is 5.75 Å². The number of benzene rings is 1. The van der Waals surface area contributed by atoms with E-state index < -0.39 is 5.41 Å². The second-order valence-corrected chi connectivity index (χ2v) is 6.77. The number of carbonyl (C=O) groups is 1. The van der Waals surface area contributed by atoms with Gasteiger partial charge in [0.15, 0.2) is 0 Å². The summed E-state index contributed by atoms with van der Waals surface area (Å²) in [6.07, 6.45) is 1.81. The summed E-state index contributed by atoms with van der Waals surface area (Å²) in [7, 11) is 0. The molecule has 2 heteroatoms. The average molecular weight is 262 g/mol. The van der Waals surface area contributed by atoms with Crippen LogP contribution in [0.15, 0.2) is 24.3 Å². The van der Waals surface area contributed by atoms with Gasteiger partial charge in [-0.25, -0.2) is 0 Å². The number of carbonyl (C=O) groups excluding carboxylic acids is 1. The summed E-state index contributed by atoms with van der Waals surface area (Å²) in [6, 6.07) is 7.79. The predicted molar refractivity (Wildman–Crippen MR) is 79.5 cm³/mol. The van der Waals surface area contributed by atoms with E-state index in [2.05, 4.69) is 27.7 Å². The zero-order valence-corrected chi connectivity index (χ0v) is 13.0. The van der Waals surface area contributed by atoms with Gasteiger partial charge in [0, 0.05) is 5.56 Å². The molecule has 0 bridgehead atoms. The van der Waals surface area contributed by atoms with Crippen molar-refractivity contribution >= 4 is 5.97 Å². The summed E-state index contributed by atoms with van der Waals surface area (Å²) in [4.78, 5) is 12.3. The zero-order chi connectivity index (χ0) is 14.7. The van der Waals surface area contributed by atoms with Gasteiger partial charge in [-0.05, 0) is 31.7 Å². The third kappa shape index (κ3) is 4.09. The summed E-state index contributed by atoms with van der Waals surface area (Å²) < 4.78 is 5.65. The minimum absolute atomic E-state index is 0.0359. The lowest BCUT2D eigenvalue weighted by atomic mass is 9.86. The fourth-order valence-corrected chi connectivity index (χ4v) is 2.14. The number of esters is 1. The highest BCUT2D eigenvalue weighted by Gasteiger charge is 2.30. The van der Waals surface area contributed by atoms with E-state index in [4.69, 9.17) is 4.74 Å². The molecule has 2 nitrogen and oxygen atoms in total. The Bertz CT molecular complexity index is 439. The fraction of sp³-hybridized carbons (Fsp3) is 0.588. The maximum absolute atomic E-state index is 12.3. The highest BCUT2D eigenvalue weighted by Crippen LogP contribution is 2.33. The smallest absolute Gasteiger partial charge is 0.316 e. The number of para-hydroxylation sites is 1. The van der Waals surface area contributed by atoms with Crippen LogP contribution in [0.1, 0.15) is 59.9 Å². The quantitative estimate of drug-likeness (QED) is 0.580. The number of hydrogen-bond donors (Lipinski definition) is 0. The third-order valence-corrected chi connectivity index (χ3v) is 3.33. The SMILES string of the molecule is CCCC(C)(C)C(=O)Oc1ccccc1C(C)(C)C. The molecule has 0 aromatic heterocycles. The molecule has 1 aromatic rings. The lowest BCUT2D eigenvalue weighted by molar-refractivity contribution is -0.144. The molecule has 0 saturated carbocycles. The molecular weight excluding hydrogens is 236 g/mol. The molecular formula is C17H26O2. The van der Waals surface area contributed by atoms with Gasteiger partial charge < -0.3 is 4.74 Å². The van der Waals surface area contributed by atoms with Gasteiger partial charge in [0.05, 0.1) is 5.41 Å². The summed E-state index contributed by atoms with van der Waals surface area (Å²) in [5.74, 6) is 0.537. The van der Waals surface area contributed by atoms with Gasteiger partial charge in [-0.2, -0.15) is 0 Å². The van der Waals surface area contributed by atoms with E-state index in [1.54, 1.807) is 0 Å². The lowest BCUT2D eigenvalue weighted by Gasteiger charge is -2.25. The van der Waals surface area contributed by atoms with Crippen molar-refractivity contribution in [1.82, 2.24) is 0 Å². The molecule has 1 aromatic carbocycles. The minimum Gasteiger partial charge on any atom is -0.426 e. The van der Waals surface area contributed by atoms with Crippen LogP contribution >= 0.6 is 0 Å². The van der Waals surface area contributed by atoms with Crippen molar-refractivity contribution in [3.05, 3.63) is 29.8 Å². The first-order chi connectivity index (χ1) is 8.68. The summed E-state index contributed by atoms with van der Waals surface area (Å²) >= 11 is 0. The average Bonchev–Trinajstić information content (AvgIpc) is 2.28. The third-order valence-electron chi connectivity index (χ3n) is 3.33. The minimum atomic E-state index is -0.431. The maximum Gasteiger partial charge on any atom is 0.316 e. The molecule has 0 heterocycles. The van der Waals surface area contributed by atoms with E-state index in [1.165, 1.54) is 0 Å². The van der Waals surface area contributed by atoms with Crippen LogP contribution in [0.3, 0.4) is 0 Å². The summed E-state index contributed by atoms with van der Waals surface area (Å²) in [5.41, 5.74) is 0.599. The second-order valence-electron chi connectivity index (χ2n) is 6.77. The molecule has 0 aliphatic rings. The Morgan fingerprint density at radius 3 is 2.21 bits per heavy atom. The summed E-state index contributed by atoms with van der Waals surface area (Å²) in [6.45, 7) is 12.3. The number of hydrogen-bond acceptors (Lipinski definition) is 2. The second kappa shape index (κ2) is 5.77. The Morgan fingerprint density at radius 1 is 1.11 bits per heavy atom. The van der Waals surface area contributed by atoms with Crippen LogP contribution in [-0.2, 0) is 10.2 Å². The highest BCUT2D eigenvalue weighted by molar-refractivity contribution is 5.78. The van der Waals surface area contributed by atoms with Gasteiger partial charge in [0.2, 0.25) is 0 Å². The molecule has 0 amide bonds. The molecule has 1 rings (SSSR count). The Balaban J connectivity index is 2.98. The Kier molecular flexibility index (Phi) is 4.78. The van der Waals surface area contributed by atoms with E-state index in [0.717, 1.165) is 18.4 Å². The van der Waals surface area contributed by atoms with Gasteiger partial charge in [-0.1, -0.05) is 52.3 Å². The molecule has 0 unspecified atom stereocenters. The Labute approximate surface area is 117 Å². The van der Waals surface area contributed by atoms with Crippen LogP contribution in [0.2, 0.25) is 0 Å². The predicted octanol–water partition coefficient (Wildman–Crippen LogP) is 4.72. The van der Waals surface area contributed by atoms with E-state index in [1.807, 2.05) is 38.1 Å². The van der Waals surface area contributed by atoms with Gasteiger partial charge in [0.1, 0.15) is 5.75 Å². The van der Waals surface area contributed by atoms with Gasteiger partial charge in [0.25, 0.3) is 0 Å². The van der Waals surface area contributed by atoms with Crippen molar-refractivity contribution in [2.24, 2.45) is 5.41 Å². The standard InChI is InChI=1S/C17H26O2/c1-7-12-17(5,6)15(18)19-14-11-9-8-10-13(14)16(2,3)4/h8-11H,7,12H2,1-6H3. The van der Waals surface area contributed by atoms with Crippen LogP contribution in [0.4, 0.5) is 0 Å². The summed E-state index contributed by atoms with van der Waals surface area (Å²) in [5, 5.41) is 0. The number of rotatable bonds is 4. The van der Waals surface area contributed by atoms with Crippen molar-refractivity contribution in [3.8, 4) is 5.75 Å². The first-order valence-corrected chi connectivity index (χ1v) is 7.00. The Hall–Kier alpha value is -1.31. The van der Waals surface area contributed by atoms with Gasteiger partial charge in [-0.15, -0.1) is 0 Å². The molecule has 0 atom stereocenters.